The minimum atomic E-state index is -0.256. The smallest absolute Gasteiger partial charge is 0.149 e. The van der Waals surface area contributed by atoms with Gasteiger partial charge in [0.15, 0.2) is 0 Å². The zero-order valence-corrected chi connectivity index (χ0v) is 8.05. The number of nitrogens with zero attached hydrogens (tertiary/aromatic N) is 1. The highest BCUT2D eigenvalue weighted by atomic mass is 19.1. The van der Waals surface area contributed by atoms with Crippen LogP contribution in [0, 0.1) is 5.82 Å². The van der Waals surface area contributed by atoms with E-state index in [0.717, 1.165) is 23.3 Å². The van der Waals surface area contributed by atoms with Gasteiger partial charge in [-0.15, -0.1) is 0 Å². The van der Waals surface area contributed by atoms with Crippen molar-refractivity contribution in [3.8, 4) is 0 Å². The van der Waals surface area contributed by atoms with Gasteiger partial charge in [-0.05, 0) is 31.5 Å². The summed E-state index contributed by atoms with van der Waals surface area (Å²) in [6, 6.07) is 5.03. The van der Waals surface area contributed by atoms with Crippen molar-refractivity contribution < 1.29 is 4.39 Å². The molecule has 0 saturated heterocycles. The zero-order valence-electron chi connectivity index (χ0n) is 8.05. The van der Waals surface area contributed by atoms with Crippen molar-refractivity contribution in [2.24, 2.45) is 5.73 Å². The molecule has 0 aliphatic carbocycles. The minimum absolute atomic E-state index is 0.256. The zero-order chi connectivity index (χ0) is 10.1. The number of allylic oxidation sites excluding steroid dienone is 1. The molecule has 3 heteroatoms. The van der Waals surface area contributed by atoms with Crippen LogP contribution < -0.4 is 11.1 Å². The summed E-state index contributed by atoms with van der Waals surface area (Å²) in [6.45, 7) is 2.46. The Balaban J connectivity index is 2.47. The Labute approximate surface area is 82.6 Å². The Kier molecular flexibility index (Phi) is 2.25. The van der Waals surface area contributed by atoms with Gasteiger partial charge in [0.1, 0.15) is 11.5 Å². The molecule has 1 radical (unpaired) electrons. The van der Waals surface area contributed by atoms with Gasteiger partial charge in [0, 0.05) is 11.3 Å². The number of nitrogens with two attached hydrogens (primary N) is 1. The molecule has 14 heavy (non-hydrogen) atoms. The summed E-state index contributed by atoms with van der Waals surface area (Å²) < 4.78 is 13.3. The fourth-order valence-electron chi connectivity index (χ4n) is 1.76. The van der Waals surface area contributed by atoms with Crippen LogP contribution in [0.1, 0.15) is 18.9 Å². The molecular formula is C11H12FN2. The lowest BCUT2D eigenvalue weighted by atomic mass is 10.0. The lowest BCUT2D eigenvalue weighted by Crippen LogP contribution is -1.99. The predicted molar refractivity (Wildman–Crippen MR) is 54.5 cm³/mol. The largest absolute Gasteiger partial charge is 0.330 e. The number of benzene rings is 1. The molecule has 2 N–H and O–H groups in total. The maximum absolute atomic E-state index is 13.3. The van der Waals surface area contributed by atoms with Crippen LogP contribution in [-0.2, 0) is 0 Å². The van der Waals surface area contributed by atoms with Crippen molar-refractivity contribution in [1.29, 1.82) is 0 Å². The minimum Gasteiger partial charge on any atom is -0.330 e. The Morgan fingerprint density at radius 2 is 2.21 bits per heavy atom. The number of hydrogen-bond donors (Lipinski definition) is 1. The number of para-hydroxylation sites is 1. The molecule has 0 saturated carbocycles. The maximum Gasteiger partial charge on any atom is 0.149 e. The second-order valence-electron chi connectivity index (χ2n) is 3.35. The van der Waals surface area contributed by atoms with Gasteiger partial charge >= 0.3 is 0 Å². The van der Waals surface area contributed by atoms with Crippen LogP contribution in [0.15, 0.2) is 23.9 Å². The molecule has 0 bridgehead atoms. The molecule has 1 aliphatic rings. The Morgan fingerprint density at radius 3 is 2.93 bits per heavy atom. The fraction of sp³-hybridized carbons (Fsp3) is 0.273. The van der Waals surface area contributed by atoms with Gasteiger partial charge in [0.05, 0.1) is 0 Å². The third-order valence-electron chi connectivity index (χ3n) is 2.42. The van der Waals surface area contributed by atoms with Gasteiger partial charge in [-0.1, -0.05) is 12.1 Å². The summed E-state index contributed by atoms with van der Waals surface area (Å²) >= 11 is 0. The van der Waals surface area contributed by atoms with E-state index >= 15 is 0 Å². The first-order chi connectivity index (χ1) is 6.74. The van der Waals surface area contributed by atoms with Crippen LogP contribution in [0.5, 0.6) is 0 Å². The van der Waals surface area contributed by atoms with Crippen molar-refractivity contribution in [2.75, 3.05) is 6.54 Å². The summed E-state index contributed by atoms with van der Waals surface area (Å²) in [5.41, 5.74) is 8.81. The molecule has 1 heterocycles. The normalized spacial score (nSPS) is 14.2. The molecule has 73 valence electrons. The van der Waals surface area contributed by atoms with Crippen LogP contribution >= 0.6 is 0 Å². The van der Waals surface area contributed by atoms with E-state index in [0.29, 0.717) is 12.2 Å². The molecule has 0 amide bonds. The SMILES string of the molecule is CC1=C(CCN)c2cccc(F)c2[N]1. The monoisotopic (exact) mass is 191 g/mol. The van der Waals surface area contributed by atoms with E-state index in [1.807, 2.05) is 13.0 Å². The second-order valence-corrected chi connectivity index (χ2v) is 3.35. The van der Waals surface area contributed by atoms with Gasteiger partial charge in [0.2, 0.25) is 0 Å². The first kappa shape index (κ1) is 9.21. The average molecular weight is 191 g/mol. The number of fused-ring (bicyclic) bond motifs is 1. The summed E-state index contributed by atoms with van der Waals surface area (Å²) in [4.78, 5) is 0. The molecule has 2 nitrogen and oxygen atoms in total. The molecule has 1 aromatic carbocycles. The van der Waals surface area contributed by atoms with Crippen molar-refractivity contribution >= 4 is 11.3 Å². The van der Waals surface area contributed by atoms with E-state index in [-0.39, 0.29) is 5.82 Å². The van der Waals surface area contributed by atoms with E-state index in [1.165, 1.54) is 6.07 Å². The van der Waals surface area contributed by atoms with E-state index in [4.69, 9.17) is 5.73 Å². The van der Waals surface area contributed by atoms with Crippen LogP contribution in [0.25, 0.3) is 5.57 Å². The van der Waals surface area contributed by atoms with Gasteiger partial charge in [-0.3, -0.25) is 0 Å². The summed E-state index contributed by atoms with van der Waals surface area (Å²) in [5.74, 6) is -0.256. The van der Waals surface area contributed by atoms with Crippen molar-refractivity contribution in [3.05, 3.63) is 35.3 Å². The van der Waals surface area contributed by atoms with Gasteiger partial charge in [-0.2, -0.15) is 0 Å². The maximum atomic E-state index is 13.3. The van der Waals surface area contributed by atoms with E-state index in [9.17, 15) is 4.39 Å². The predicted octanol–water partition coefficient (Wildman–Crippen LogP) is 2.16. The summed E-state index contributed by atoms with van der Waals surface area (Å²) in [6.07, 6.45) is 0.756. The Morgan fingerprint density at radius 1 is 1.43 bits per heavy atom. The lowest BCUT2D eigenvalue weighted by Gasteiger charge is -2.02. The van der Waals surface area contributed by atoms with Crippen LogP contribution in [0.2, 0.25) is 0 Å². The van der Waals surface area contributed by atoms with Gasteiger partial charge in [0.25, 0.3) is 0 Å². The average Bonchev–Trinajstić information content (AvgIpc) is 2.47. The van der Waals surface area contributed by atoms with E-state index in [1.54, 1.807) is 6.07 Å². The lowest BCUT2D eigenvalue weighted by molar-refractivity contribution is 0.623. The van der Waals surface area contributed by atoms with Crippen molar-refractivity contribution in [3.63, 3.8) is 0 Å². The third kappa shape index (κ3) is 1.30. The molecule has 0 atom stereocenters. The second kappa shape index (κ2) is 3.42. The first-order valence-electron chi connectivity index (χ1n) is 4.64. The van der Waals surface area contributed by atoms with Crippen LogP contribution in [0.3, 0.4) is 0 Å². The highest BCUT2D eigenvalue weighted by molar-refractivity contribution is 5.82. The molecule has 0 fully saturated rings. The van der Waals surface area contributed by atoms with Crippen molar-refractivity contribution in [2.45, 2.75) is 13.3 Å². The number of hydrogen-bond acceptors (Lipinski definition) is 1. The molecule has 0 spiro atoms. The van der Waals surface area contributed by atoms with Crippen LogP contribution in [0.4, 0.5) is 10.1 Å². The summed E-state index contributed by atoms with van der Waals surface area (Å²) in [5, 5.41) is 4.20. The molecule has 0 unspecified atom stereocenters. The van der Waals surface area contributed by atoms with Gasteiger partial charge in [-0.25, -0.2) is 9.71 Å². The Hall–Kier alpha value is -1.35. The highest BCUT2D eigenvalue weighted by Gasteiger charge is 2.21. The van der Waals surface area contributed by atoms with Crippen molar-refractivity contribution in [1.82, 2.24) is 5.32 Å². The highest BCUT2D eigenvalue weighted by Crippen LogP contribution is 2.37. The van der Waals surface area contributed by atoms with Gasteiger partial charge < -0.3 is 5.73 Å². The van der Waals surface area contributed by atoms with Crippen LogP contribution in [-0.4, -0.2) is 6.54 Å². The van der Waals surface area contributed by atoms with E-state index < -0.39 is 0 Å². The summed E-state index contributed by atoms with van der Waals surface area (Å²) in [7, 11) is 0. The topological polar surface area (TPSA) is 40.1 Å². The third-order valence-corrected chi connectivity index (χ3v) is 2.42. The number of halogens is 1. The fourth-order valence-corrected chi connectivity index (χ4v) is 1.76. The first-order valence-corrected chi connectivity index (χ1v) is 4.64. The van der Waals surface area contributed by atoms with E-state index in [2.05, 4.69) is 5.32 Å². The molecule has 1 aliphatic heterocycles. The Bertz CT molecular complexity index is 396. The molecule has 2 rings (SSSR count). The molecule has 0 aromatic heterocycles. The molecule has 1 aromatic rings. The quantitative estimate of drug-likeness (QED) is 0.764. The number of rotatable bonds is 2. The molecular weight excluding hydrogens is 179 g/mol. The standard InChI is InChI=1S/C11H12FN2/c1-7-8(5-6-13)9-3-2-4-10(12)11(9)14-7/h2-4H,5-6,13H2,1H3.